The summed E-state index contributed by atoms with van der Waals surface area (Å²) in [6.07, 6.45) is 0. The van der Waals surface area contributed by atoms with Gasteiger partial charge in [0.25, 0.3) is 0 Å². The highest BCUT2D eigenvalue weighted by atomic mass is 16.3. The van der Waals surface area contributed by atoms with Crippen LogP contribution in [0.15, 0.2) is 158 Å². The lowest BCUT2D eigenvalue weighted by molar-refractivity contribution is 0.477. The molecule has 0 bridgehead atoms. The van der Waals surface area contributed by atoms with Gasteiger partial charge in [-0.2, -0.15) is 0 Å². The molecular weight excluding hydrogens is 546 g/mol. The Balaban J connectivity index is 1.26. The molecule has 0 heterocycles. The normalized spacial score (nSPS) is 12.9. The van der Waals surface area contributed by atoms with Crippen LogP contribution in [0.25, 0.3) is 44.2 Å². The predicted octanol–water partition coefficient (Wildman–Crippen LogP) is 11.7. The monoisotopic (exact) mass is 579 g/mol. The highest BCUT2D eigenvalue weighted by molar-refractivity contribution is 5.99. The van der Waals surface area contributed by atoms with Gasteiger partial charge in [0, 0.05) is 27.7 Å². The molecule has 7 aromatic carbocycles. The number of aromatic hydroxyl groups is 1. The summed E-state index contributed by atoms with van der Waals surface area (Å²) in [4.78, 5) is 2.39. The molecule has 1 N–H and O–H groups in total. The predicted molar refractivity (Wildman–Crippen MR) is 189 cm³/mol. The van der Waals surface area contributed by atoms with E-state index in [2.05, 4.69) is 134 Å². The second-order valence-electron chi connectivity index (χ2n) is 12.4. The maximum atomic E-state index is 10.6. The van der Waals surface area contributed by atoms with Crippen LogP contribution in [0.4, 0.5) is 17.1 Å². The molecule has 0 amide bonds. The van der Waals surface area contributed by atoms with Gasteiger partial charge in [-0.1, -0.05) is 129 Å². The van der Waals surface area contributed by atoms with Crippen LogP contribution in [0.1, 0.15) is 25.0 Å². The molecule has 216 valence electrons. The van der Waals surface area contributed by atoms with Crippen LogP contribution in [-0.2, 0) is 5.41 Å². The van der Waals surface area contributed by atoms with Crippen molar-refractivity contribution >= 4 is 27.8 Å². The highest BCUT2D eigenvalue weighted by Gasteiger charge is 2.35. The standard InChI is InChI=1S/C43H33NO/c1-43(2)39-17-9-8-16-36(39)37-25-24-34(28-40(37)43)44(41-18-10-14-30-13-6-7-15-35(30)41)33-22-19-29(20-23-33)32-21-26-42(45)38(27-32)31-11-4-3-5-12-31/h3-28,45H,1-2H3. The molecule has 2 nitrogen and oxygen atoms in total. The molecule has 0 aromatic heterocycles. The zero-order valence-electron chi connectivity index (χ0n) is 25.4. The fourth-order valence-electron chi connectivity index (χ4n) is 7.03. The Kier molecular flexibility index (Phi) is 6.32. The average Bonchev–Trinajstić information content (AvgIpc) is 3.32. The number of hydrogen-bond acceptors (Lipinski definition) is 2. The zero-order valence-corrected chi connectivity index (χ0v) is 25.4. The van der Waals surface area contributed by atoms with E-state index in [1.165, 1.54) is 33.0 Å². The number of phenolic OH excluding ortho intramolecular Hbond substituents is 1. The van der Waals surface area contributed by atoms with Crippen molar-refractivity contribution < 1.29 is 5.11 Å². The van der Waals surface area contributed by atoms with Crippen LogP contribution in [0, 0.1) is 0 Å². The number of phenols is 1. The lowest BCUT2D eigenvalue weighted by atomic mass is 9.82. The summed E-state index contributed by atoms with van der Waals surface area (Å²) in [5.74, 6) is 0.283. The van der Waals surface area contributed by atoms with Gasteiger partial charge in [-0.15, -0.1) is 0 Å². The molecule has 8 rings (SSSR count). The summed E-state index contributed by atoms with van der Waals surface area (Å²) in [7, 11) is 0. The molecule has 0 saturated carbocycles. The van der Waals surface area contributed by atoms with Gasteiger partial charge in [0.15, 0.2) is 0 Å². The Morgan fingerprint density at radius 1 is 0.467 bits per heavy atom. The Morgan fingerprint density at radius 2 is 1.13 bits per heavy atom. The van der Waals surface area contributed by atoms with Crippen molar-refractivity contribution in [3.05, 3.63) is 169 Å². The first-order valence-electron chi connectivity index (χ1n) is 15.5. The molecule has 0 aliphatic heterocycles. The molecule has 0 fully saturated rings. The van der Waals surface area contributed by atoms with Gasteiger partial charge in [-0.3, -0.25) is 0 Å². The Morgan fingerprint density at radius 3 is 1.98 bits per heavy atom. The van der Waals surface area contributed by atoms with Gasteiger partial charge >= 0.3 is 0 Å². The van der Waals surface area contributed by atoms with Crippen LogP contribution < -0.4 is 4.90 Å². The molecule has 0 unspecified atom stereocenters. The number of anilines is 3. The minimum Gasteiger partial charge on any atom is -0.507 e. The molecule has 1 aliphatic carbocycles. The van der Waals surface area contributed by atoms with Crippen LogP contribution in [0.3, 0.4) is 0 Å². The molecule has 45 heavy (non-hydrogen) atoms. The largest absolute Gasteiger partial charge is 0.507 e. The molecule has 1 aliphatic rings. The maximum Gasteiger partial charge on any atom is 0.123 e. The highest BCUT2D eigenvalue weighted by Crippen LogP contribution is 2.51. The van der Waals surface area contributed by atoms with Crippen LogP contribution in [0.5, 0.6) is 5.75 Å². The summed E-state index contributed by atoms with van der Waals surface area (Å²) in [5, 5.41) is 13.1. The maximum absolute atomic E-state index is 10.6. The first kappa shape index (κ1) is 27.0. The van der Waals surface area contributed by atoms with Gasteiger partial charge in [0.2, 0.25) is 0 Å². The quantitative estimate of drug-likeness (QED) is 0.219. The Bertz CT molecular complexity index is 2190. The fraction of sp³-hybridized carbons (Fsp3) is 0.0698. The second kappa shape index (κ2) is 10.5. The molecule has 0 spiro atoms. The summed E-state index contributed by atoms with van der Waals surface area (Å²) >= 11 is 0. The fourth-order valence-corrected chi connectivity index (χ4v) is 7.03. The third kappa shape index (κ3) is 4.49. The first-order valence-corrected chi connectivity index (χ1v) is 15.5. The van der Waals surface area contributed by atoms with Gasteiger partial charge in [0.1, 0.15) is 5.75 Å². The zero-order chi connectivity index (χ0) is 30.5. The van der Waals surface area contributed by atoms with E-state index < -0.39 is 0 Å². The third-order valence-electron chi connectivity index (χ3n) is 9.37. The summed E-state index contributed by atoms with van der Waals surface area (Å²) in [5.41, 5.74) is 12.6. The number of hydrogen-bond donors (Lipinski definition) is 1. The van der Waals surface area contributed by atoms with Crippen molar-refractivity contribution in [3.8, 4) is 39.1 Å². The molecule has 2 heteroatoms. The van der Waals surface area contributed by atoms with Crippen LogP contribution in [0.2, 0.25) is 0 Å². The van der Waals surface area contributed by atoms with Crippen LogP contribution >= 0.6 is 0 Å². The van der Waals surface area contributed by atoms with Crippen molar-refractivity contribution in [1.29, 1.82) is 0 Å². The molecule has 0 radical (unpaired) electrons. The Labute approximate surface area is 264 Å². The molecular formula is C43H33NO. The summed E-state index contributed by atoms with van der Waals surface area (Å²) in [6, 6.07) is 55.6. The minimum absolute atomic E-state index is 0.0917. The van der Waals surface area contributed by atoms with E-state index in [0.717, 1.165) is 39.3 Å². The van der Waals surface area contributed by atoms with Gasteiger partial charge < -0.3 is 10.0 Å². The SMILES string of the molecule is CC1(C)c2ccccc2-c2ccc(N(c3ccc(-c4ccc(O)c(-c5ccccc5)c4)cc3)c3cccc4ccccc34)cc21. The van der Waals surface area contributed by atoms with E-state index in [1.807, 2.05) is 36.4 Å². The smallest absolute Gasteiger partial charge is 0.123 e. The molecule has 0 saturated heterocycles. The van der Waals surface area contributed by atoms with E-state index >= 15 is 0 Å². The number of rotatable bonds is 5. The lowest BCUT2D eigenvalue weighted by Crippen LogP contribution is -2.16. The van der Waals surface area contributed by atoms with E-state index in [1.54, 1.807) is 6.07 Å². The number of benzene rings is 7. The van der Waals surface area contributed by atoms with Gasteiger partial charge in [0.05, 0.1) is 5.69 Å². The van der Waals surface area contributed by atoms with Crippen molar-refractivity contribution in [1.82, 2.24) is 0 Å². The van der Waals surface area contributed by atoms with Gasteiger partial charge in [-0.25, -0.2) is 0 Å². The van der Waals surface area contributed by atoms with E-state index in [0.29, 0.717) is 0 Å². The average molecular weight is 580 g/mol. The number of fused-ring (bicyclic) bond motifs is 4. The van der Waals surface area contributed by atoms with E-state index in [-0.39, 0.29) is 11.2 Å². The van der Waals surface area contributed by atoms with Crippen molar-refractivity contribution in [2.24, 2.45) is 0 Å². The van der Waals surface area contributed by atoms with Crippen molar-refractivity contribution in [2.75, 3.05) is 4.90 Å². The number of nitrogens with zero attached hydrogens (tertiary/aromatic N) is 1. The van der Waals surface area contributed by atoms with Crippen LogP contribution in [-0.4, -0.2) is 5.11 Å². The molecule has 0 atom stereocenters. The minimum atomic E-state index is -0.0917. The van der Waals surface area contributed by atoms with Crippen molar-refractivity contribution in [3.63, 3.8) is 0 Å². The summed E-state index contributed by atoms with van der Waals surface area (Å²) in [6.45, 7) is 4.67. The first-order chi connectivity index (χ1) is 22.0. The lowest BCUT2D eigenvalue weighted by Gasteiger charge is -2.29. The Hall–Kier alpha value is -5.60. The topological polar surface area (TPSA) is 23.5 Å². The third-order valence-corrected chi connectivity index (χ3v) is 9.37. The molecule has 7 aromatic rings. The second-order valence-corrected chi connectivity index (χ2v) is 12.4. The summed E-state index contributed by atoms with van der Waals surface area (Å²) < 4.78 is 0. The van der Waals surface area contributed by atoms with E-state index in [9.17, 15) is 5.11 Å². The van der Waals surface area contributed by atoms with Crippen molar-refractivity contribution in [2.45, 2.75) is 19.3 Å². The van der Waals surface area contributed by atoms with E-state index in [4.69, 9.17) is 0 Å². The van der Waals surface area contributed by atoms with Gasteiger partial charge in [-0.05, 0) is 86.8 Å².